The lowest BCUT2D eigenvalue weighted by Crippen LogP contribution is -2.42. The van der Waals surface area contributed by atoms with Crippen molar-refractivity contribution in [1.29, 1.82) is 0 Å². The third-order valence-electron chi connectivity index (χ3n) is 7.41. The molecule has 6 rings (SSSR count). The maximum atomic E-state index is 13.8. The molecule has 0 radical (unpaired) electrons. The van der Waals surface area contributed by atoms with Gasteiger partial charge in [0.05, 0.1) is 17.4 Å². The van der Waals surface area contributed by atoms with Crippen molar-refractivity contribution in [2.75, 3.05) is 19.9 Å². The lowest BCUT2D eigenvalue weighted by Gasteiger charge is -2.30. The van der Waals surface area contributed by atoms with Gasteiger partial charge < -0.3 is 24.0 Å². The molecule has 1 N–H and O–H groups in total. The molecule has 0 bridgehead atoms. The number of benzene rings is 2. The van der Waals surface area contributed by atoms with Crippen LogP contribution in [0.25, 0.3) is 5.69 Å². The van der Waals surface area contributed by atoms with Crippen molar-refractivity contribution in [2.45, 2.75) is 48.6 Å². The van der Waals surface area contributed by atoms with Crippen LogP contribution in [0, 0.1) is 6.92 Å². The molecule has 204 valence electrons. The van der Waals surface area contributed by atoms with E-state index >= 15 is 0 Å². The monoisotopic (exact) mass is 558 g/mol. The van der Waals surface area contributed by atoms with Crippen molar-refractivity contribution in [3.63, 3.8) is 0 Å². The Hall–Kier alpha value is -3.44. The zero-order valence-electron chi connectivity index (χ0n) is 21.0. The van der Waals surface area contributed by atoms with Gasteiger partial charge in [-0.25, -0.2) is 0 Å². The van der Waals surface area contributed by atoms with E-state index in [-0.39, 0.29) is 29.7 Å². The number of hydrogen-bond acceptors (Lipinski definition) is 6. The van der Waals surface area contributed by atoms with Crippen molar-refractivity contribution >= 4 is 17.7 Å². The lowest BCUT2D eigenvalue weighted by atomic mass is 9.99. The van der Waals surface area contributed by atoms with Gasteiger partial charge in [0, 0.05) is 47.1 Å². The Labute approximate surface area is 226 Å². The first-order valence-electron chi connectivity index (χ1n) is 12.6. The van der Waals surface area contributed by atoms with E-state index in [0.29, 0.717) is 53.7 Å². The van der Waals surface area contributed by atoms with Crippen LogP contribution in [0.5, 0.6) is 11.5 Å². The van der Waals surface area contributed by atoms with Crippen LogP contribution in [-0.4, -0.2) is 46.5 Å². The Kier molecular flexibility index (Phi) is 6.38. The van der Waals surface area contributed by atoms with Crippen LogP contribution in [0.15, 0.2) is 52.2 Å². The molecule has 1 aromatic heterocycles. The molecule has 3 aromatic rings. The summed E-state index contributed by atoms with van der Waals surface area (Å²) in [5.74, 6) is 0.693. The van der Waals surface area contributed by atoms with Crippen LogP contribution in [0.4, 0.5) is 13.2 Å². The minimum Gasteiger partial charge on any atom is -0.454 e. The first kappa shape index (κ1) is 25.8. The normalized spacial score (nSPS) is 18.9. The standard InChI is InChI=1S/C28H25F3N2O5S/c1-15-10-21(35)26(27(36)32-8-6-18(34)7-9-32)20-13-25(16-2-4-22-23(11-16)38-14-37-22)39-24-5-3-17(28(29,30)31)12-19(24)33(15)20/h2-5,10-12,18,25,34H,6-9,13-14H2,1H3/t25-/m1/s1. The van der Waals surface area contributed by atoms with Crippen molar-refractivity contribution in [1.82, 2.24) is 9.47 Å². The Morgan fingerprint density at radius 2 is 1.79 bits per heavy atom. The largest absolute Gasteiger partial charge is 0.454 e. The molecule has 3 aliphatic rings. The maximum absolute atomic E-state index is 13.8. The molecule has 0 spiro atoms. The number of ether oxygens (including phenoxy) is 2. The number of aliphatic hydroxyl groups excluding tert-OH is 1. The van der Waals surface area contributed by atoms with Crippen LogP contribution in [0.2, 0.25) is 0 Å². The van der Waals surface area contributed by atoms with E-state index in [1.807, 2.05) is 12.1 Å². The number of carbonyl (C=O) groups is 1. The number of amides is 1. The van der Waals surface area contributed by atoms with E-state index in [4.69, 9.17) is 9.47 Å². The summed E-state index contributed by atoms with van der Waals surface area (Å²) >= 11 is 1.38. The number of aryl methyl sites for hydroxylation is 1. The van der Waals surface area contributed by atoms with E-state index in [1.165, 1.54) is 23.9 Å². The Morgan fingerprint density at radius 3 is 2.54 bits per heavy atom. The molecule has 0 saturated carbocycles. The van der Waals surface area contributed by atoms with Crippen LogP contribution in [0.1, 0.15) is 51.0 Å². The summed E-state index contributed by atoms with van der Waals surface area (Å²) in [5.41, 5.74) is 0.571. The van der Waals surface area contributed by atoms with Crippen molar-refractivity contribution < 1.29 is 32.5 Å². The van der Waals surface area contributed by atoms with E-state index in [2.05, 4.69) is 0 Å². The molecule has 1 amide bonds. The van der Waals surface area contributed by atoms with Gasteiger partial charge in [-0.15, -0.1) is 11.8 Å². The summed E-state index contributed by atoms with van der Waals surface area (Å²) in [7, 11) is 0. The molecule has 0 aliphatic carbocycles. The van der Waals surface area contributed by atoms with Crippen molar-refractivity contribution in [3.8, 4) is 17.2 Å². The number of alkyl halides is 3. The molecule has 4 heterocycles. The molecule has 7 nitrogen and oxygen atoms in total. The fraction of sp³-hybridized carbons (Fsp3) is 0.357. The van der Waals surface area contributed by atoms with Crippen LogP contribution in [-0.2, 0) is 12.6 Å². The number of hydrogen-bond donors (Lipinski definition) is 1. The molecule has 1 fully saturated rings. The first-order chi connectivity index (χ1) is 18.6. The Balaban J connectivity index is 1.55. The number of aliphatic hydroxyl groups is 1. The van der Waals surface area contributed by atoms with E-state index in [0.717, 1.165) is 17.7 Å². The molecule has 3 aliphatic heterocycles. The fourth-order valence-electron chi connectivity index (χ4n) is 5.42. The molecular weight excluding hydrogens is 533 g/mol. The van der Waals surface area contributed by atoms with Gasteiger partial charge in [0.1, 0.15) is 5.56 Å². The molecule has 1 saturated heterocycles. The highest BCUT2D eigenvalue weighted by atomic mass is 32.2. The SMILES string of the molecule is Cc1cc(=O)c(C(=O)N2CCC(O)CC2)c2n1-c1cc(C(F)(F)F)ccc1S[C@@H](c1ccc3c(c1)OCO3)C2. The van der Waals surface area contributed by atoms with Gasteiger partial charge >= 0.3 is 6.18 Å². The van der Waals surface area contributed by atoms with Gasteiger partial charge in [-0.1, -0.05) is 6.07 Å². The number of fused-ring (bicyclic) bond motifs is 4. The van der Waals surface area contributed by atoms with Crippen molar-refractivity contribution in [2.24, 2.45) is 0 Å². The van der Waals surface area contributed by atoms with Crippen LogP contribution in [0.3, 0.4) is 0 Å². The van der Waals surface area contributed by atoms with E-state index in [1.54, 1.807) is 22.5 Å². The van der Waals surface area contributed by atoms with Gasteiger partial charge in [0.25, 0.3) is 5.91 Å². The van der Waals surface area contributed by atoms with Crippen LogP contribution < -0.4 is 14.9 Å². The molecule has 11 heteroatoms. The predicted octanol–water partition coefficient (Wildman–Crippen LogP) is 4.88. The molecule has 1 atom stereocenters. The summed E-state index contributed by atoms with van der Waals surface area (Å²) in [4.78, 5) is 29.3. The van der Waals surface area contributed by atoms with Crippen molar-refractivity contribution in [3.05, 3.63) is 80.8 Å². The second-order valence-electron chi connectivity index (χ2n) is 9.93. The summed E-state index contributed by atoms with van der Waals surface area (Å²) in [6.45, 7) is 2.34. The summed E-state index contributed by atoms with van der Waals surface area (Å²) < 4.78 is 53.9. The minimum absolute atomic E-state index is 0.0476. The van der Waals surface area contributed by atoms with Gasteiger partial charge in [-0.3, -0.25) is 9.59 Å². The van der Waals surface area contributed by atoms with Gasteiger partial charge in [0.15, 0.2) is 16.9 Å². The summed E-state index contributed by atoms with van der Waals surface area (Å²) in [6.07, 6.45) is -4.06. The van der Waals surface area contributed by atoms with Crippen LogP contribution >= 0.6 is 11.8 Å². The molecule has 0 unspecified atom stereocenters. The molecular formula is C28H25F3N2O5S. The number of thioether (sulfide) groups is 1. The zero-order chi connectivity index (χ0) is 27.5. The fourth-order valence-corrected chi connectivity index (χ4v) is 6.66. The summed E-state index contributed by atoms with van der Waals surface area (Å²) in [5, 5.41) is 9.58. The second kappa shape index (κ2) is 9.63. The average Bonchev–Trinajstić information content (AvgIpc) is 3.29. The maximum Gasteiger partial charge on any atom is 0.416 e. The highest BCUT2D eigenvalue weighted by Crippen LogP contribution is 2.47. The third-order valence-corrected chi connectivity index (χ3v) is 8.73. The van der Waals surface area contributed by atoms with Gasteiger partial charge in [-0.2, -0.15) is 13.2 Å². The average molecular weight is 559 g/mol. The van der Waals surface area contributed by atoms with E-state index < -0.39 is 29.2 Å². The Morgan fingerprint density at radius 1 is 1.05 bits per heavy atom. The highest BCUT2D eigenvalue weighted by Gasteiger charge is 2.35. The third kappa shape index (κ3) is 4.67. The number of likely N-dealkylation sites (tertiary alicyclic amines) is 1. The number of aromatic nitrogens is 1. The highest BCUT2D eigenvalue weighted by molar-refractivity contribution is 7.99. The number of pyridine rings is 1. The number of halogens is 3. The predicted molar refractivity (Wildman–Crippen MR) is 138 cm³/mol. The summed E-state index contributed by atoms with van der Waals surface area (Å²) in [6, 6.07) is 10.4. The minimum atomic E-state index is -4.57. The molecule has 2 aromatic carbocycles. The Bertz CT molecular complexity index is 1530. The lowest BCUT2D eigenvalue weighted by molar-refractivity contribution is -0.137. The quantitative estimate of drug-likeness (QED) is 0.483. The smallest absolute Gasteiger partial charge is 0.416 e. The number of carbonyl (C=O) groups excluding carboxylic acids is 1. The van der Waals surface area contributed by atoms with E-state index in [9.17, 15) is 27.9 Å². The number of rotatable bonds is 2. The second-order valence-corrected chi connectivity index (χ2v) is 11.2. The zero-order valence-corrected chi connectivity index (χ0v) is 21.8. The topological polar surface area (TPSA) is 81.0 Å². The first-order valence-corrected chi connectivity index (χ1v) is 13.5. The number of nitrogens with zero attached hydrogens (tertiary/aromatic N) is 2. The number of piperidine rings is 1. The van der Waals surface area contributed by atoms with Gasteiger partial charge in [-0.05, 0) is 55.7 Å². The van der Waals surface area contributed by atoms with Gasteiger partial charge in [0.2, 0.25) is 6.79 Å². The molecule has 39 heavy (non-hydrogen) atoms.